The number of rotatable bonds is 5. The zero-order valence-corrected chi connectivity index (χ0v) is 17.5. The zero-order chi connectivity index (χ0) is 21.0. The van der Waals surface area contributed by atoms with Gasteiger partial charge in [0.1, 0.15) is 11.1 Å². The molecule has 148 valence electrons. The first-order valence-corrected chi connectivity index (χ1v) is 10.3. The fourth-order valence-electron chi connectivity index (χ4n) is 3.14. The van der Waals surface area contributed by atoms with E-state index in [2.05, 4.69) is 0 Å². The molecule has 5 nitrogen and oxygen atoms in total. The first-order chi connectivity index (χ1) is 14.0. The molecule has 29 heavy (non-hydrogen) atoms. The Hall–Kier alpha value is -3.04. The molecule has 0 spiro atoms. The number of nitriles is 1. The average Bonchev–Trinajstić information content (AvgIpc) is 3.01. The fraction of sp³-hybridized carbons (Fsp3) is 0.261. The highest BCUT2D eigenvalue weighted by molar-refractivity contribution is 8.05. The summed E-state index contributed by atoms with van der Waals surface area (Å²) in [5, 5.41) is 9.54. The minimum absolute atomic E-state index is 0.141. The van der Waals surface area contributed by atoms with Gasteiger partial charge in [0.2, 0.25) is 5.91 Å². The Labute approximate surface area is 175 Å². The van der Waals surface area contributed by atoms with E-state index < -0.39 is 11.2 Å². The molecule has 1 aliphatic heterocycles. The van der Waals surface area contributed by atoms with E-state index in [0.29, 0.717) is 17.1 Å². The number of carbonyl (C=O) groups excluding carboxylic acids is 2. The molecule has 0 unspecified atom stereocenters. The van der Waals surface area contributed by atoms with Crippen molar-refractivity contribution in [3.8, 4) is 6.07 Å². The molecule has 0 aromatic heterocycles. The number of nitrogens with zero attached hydrogens (tertiary/aromatic N) is 2. The molecule has 1 heterocycles. The van der Waals surface area contributed by atoms with Crippen LogP contribution in [0.5, 0.6) is 0 Å². The molecule has 0 N–H and O–H groups in total. The molecule has 0 aliphatic carbocycles. The summed E-state index contributed by atoms with van der Waals surface area (Å²) in [6, 6.07) is 17.3. The van der Waals surface area contributed by atoms with Crippen LogP contribution in [0, 0.1) is 25.2 Å². The van der Waals surface area contributed by atoms with E-state index in [0.717, 1.165) is 16.7 Å². The number of esters is 1. The van der Waals surface area contributed by atoms with Crippen molar-refractivity contribution in [1.29, 1.82) is 5.26 Å². The van der Waals surface area contributed by atoms with Crippen LogP contribution in [0.25, 0.3) is 0 Å². The van der Waals surface area contributed by atoms with Gasteiger partial charge in [0.25, 0.3) is 0 Å². The van der Waals surface area contributed by atoms with Gasteiger partial charge in [-0.1, -0.05) is 53.7 Å². The first kappa shape index (κ1) is 20.7. The van der Waals surface area contributed by atoms with Crippen LogP contribution in [-0.4, -0.2) is 23.7 Å². The average molecular weight is 407 g/mol. The number of carbonyl (C=O) groups is 2. The van der Waals surface area contributed by atoms with Crippen LogP contribution in [0.15, 0.2) is 59.1 Å². The third-order valence-electron chi connectivity index (χ3n) is 4.72. The van der Waals surface area contributed by atoms with Gasteiger partial charge in [0.05, 0.1) is 11.9 Å². The van der Waals surface area contributed by atoms with Crippen molar-refractivity contribution < 1.29 is 14.3 Å². The van der Waals surface area contributed by atoms with Crippen molar-refractivity contribution in [3.63, 3.8) is 0 Å². The molecule has 2 aromatic carbocycles. The van der Waals surface area contributed by atoms with E-state index in [1.807, 2.05) is 68.4 Å². The van der Waals surface area contributed by atoms with Crippen LogP contribution in [0.3, 0.4) is 0 Å². The highest BCUT2D eigenvalue weighted by Crippen LogP contribution is 2.42. The highest BCUT2D eigenvalue weighted by atomic mass is 32.2. The van der Waals surface area contributed by atoms with Crippen LogP contribution in [0.1, 0.15) is 23.6 Å². The van der Waals surface area contributed by atoms with Crippen LogP contribution in [-0.2, 0) is 20.7 Å². The predicted molar refractivity (Wildman–Crippen MR) is 114 cm³/mol. The van der Waals surface area contributed by atoms with Gasteiger partial charge in [-0.2, -0.15) is 5.26 Å². The smallest absolute Gasteiger partial charge is 0.351 e. The lowest BCUT2D eigenvalue weighted by Crippen LogP contribution is -2.30. The lowest BCUT2D eigenvalue weighted by molar-refractivity contribution is -0.138. The zero-order valence-electron chi connectivity index (χ0n) is 16.6. The van der Waals surface area contributed by atoms with Crippen LogP contribution >= 0.6 is 11.8 Å². The molecule has 0 saturated carbocycles. The van der Waals surface area contributed by atoms with Crippen LogP contribution in [0.2, 0.25) is 0 Å². The van der Waals surface area contributed by atoms with Gasteiger partial charge in [-0.15, -0.1) is 0 Å². The van der Waals surface area contributed by atoms with Gasteiger partial charge in [-0.25, -0.2) is 4.79 Å². The first-order valence-electron chi connectivity index (χ1n) is 9.39. The minimum Gasteiger partial charge on any atom is -0.462 e. The van der Waals surface area contributed by atoms with Crippen molar-refractivity contribution in [2.75, 3.05) is 11.5 Å². The Morgan fingerprint density at radius 3 is 2.48 bits per heavy atom. The topological polar surface area (TPSA) is 70.4 Å². The van der Waals surface area contributed by atoms with Crippen molar-refractivity contribution >= 4 is 29.3 Å². The van der Waals surface area contributed by atoms with Gasteiger partial charge >= 0.3 is 5.97 Å². The third kappa shape index (κ3) is 4.36. The Morgan fingerprint density at radius 1 is 1.17 bits per heavy atom. The van der Waals surface area contributed by atoms with E-state index >= 15 is 0 Å². The maximum Gasteiger partial charge on any atom is 0.351 e. The molecule has 1 aliphatic rings. The van der Waals surface area contributed by atoms with Gasteiger partial charge in [0, 0.05) is 5.69 Å². The summed E-state index contributed by atoms with van der Waals surface area (Å²) < 4.78 is 5.05. The van der Waals surface area contributed by atoms with E-state index in [-0.39, 0.29) is 18.1 Å². The molecule has 1 atom stereocenters. The second kappa shape index (κ2) is 8.97. The van der Waals surface area contributed by atoms with Crippen LogP contribution in [0.4, 0.5) is 5.69 Å². The number of aryl methyl sites for hydroxylation is 2. The number of hydrogen-bond donors (Lipinski definition) is 0. The maximum atomic E-state index is 13.3. The van der Waals surface area contributed by atoms with E-state index in [9.17, 15) is 14.9 Å². The number of benzene rings is 2. The largest absolute Gasteiger partial charge is 0.462 e. The monoisotopic (exact) mass is 406 g/mol. The summed E-state index contributed by atoms with van der Waals surface area (Å²) in [6.07, 6.45) is 0.517. The Balaban J connectivity index is 2.05. The molecule has 0 bridgehead atoms. The number of hydrogen-bond acceptors (Lipinski definition) is 5. The van der Waals surface area contributed by atoms with Crippen LogP contribution < -0.4 is 4.90 Å². The molecule has 0 radical (unpaired) electrons. The number of ether oxygens (including phenoxy) is 1. The normalized spacial score (nSPS) is 17.8. The molecule has 1 saturated heterocycles. The van der Waals surface area contributed by atoms with E-state index in [1.165, 1.54) is 16.7 Å². The quantitative estimate of drug-likeness (QED) is 0.421. The molecular formula is C23H22N2O3S. The van der Waals surface area contributed by atoms with E-state index in [4.69, 9.17) is 4.74 Å². The lowest BCUT2D eigenvalue weighted by Gasteiger charge is -2.18. The Kier molecular flexibility index (Phi) is 6.40. The Morgan fingerprint density at radius 2 is 1.86 bits per heavy atom. The summed E-state index contributed by atoms with van der Waals surface area (Å²) in [5.41, 5.74) is 3.72. The highest BCUT2D eigenvalue weighted by Gasteiger charge is 2.41. The molecule has 2 aromatic rings. The number of amides is 1. The number of anilines is 1. The van der Waals surface area contributed by atoms with E-state index in [1.54, 1.807) is 6.92 Å². The summed E-state index contributed by atoms with van der Waals surface area (Å²) in [4.78, 5) is 27.2. The summed E-state index contributed by atoms with van der Waals surface area (Å²) in [5.74, 6) is -0.854. The summed E-state index contributed by atoms with van der Waals surface area (Å²) >= 11 is 1.25. The van der Waals surface area contributed by atoms with Crippen molar-refractivity contribution in [3.05, 3.63) is 75.8 Å². The van der Waals surface area contributed by atoms with Gasteiger partial charge in [-0.05, 0) is 50.5 Å². The Bertz CT molecular complexity index is 1010. The third-order valence-corrected chi connectivity index (χ3v) is 5.98. The van der Waals surface area contributed by atoms with Crippen molar-refractivity contribution in [1.82, 2.24) is 0 Å². The molecule has 1 fully saturated rings. The van der Waals surface area contributed by atoms with Gasteiger partial charge in [-0.3, -0.25) is 9.69 Å². The summed E-state index contributed by atoms with van der Waals surface area (Å²) in [7, 11) is 0. The fourth-order valence-corrected chi connectivity index (χ4v) is 4.43. The second-order valence-electron chi connectivity index (χ2n) is 6.76. The van der Waals surface area contributed by atoms with Crippen molar-refractivity contribution in [2.45, 2.75) is 32.4 Å². The molecule has 1 amide bonds. The number of thioether (sulfide) groups is 1. The standard InChI is InChI=1S/C23H22N2O3S/c1-4-28-23(27)19(14-24)22-25(18-11-9-15(2)10-12-18)21(26)20(29-22)13-17-8-6-5-7-16(17)3/h5-12,20H,4,13H2,1-3H3/b22-19+/t20-/m1/s1. The predicted octanol–water partition coefficient (Wildman–Crippen LogP) is 4.29. The SMILES string of the molecule is CCOC(=O)/C(C#N)=C1/S[C@H](Cc2ccccc2C)C(=O)N1c1ccc(C)cc1. The summed E-state index contributed by atoms with van der Waals surface area (Å²) in [6.45, 7) is 5.81. The lowest BCUT2D eigenvalue weighted by atomic mass is 10.0. The molecule has 3 rings (SSSR count). The minimum atomic E-state index is -0.709. The molecular weight excluding hydrogens is 384 g/mol. The molecule has 6 heteroatoms. The second-order valence-corrected chi connectivity index (χ2v) is 7.95. The van der Waals surface area contributed by atoms with Crippen molar-refractivity contribution in [2.24, 2.45) is 0 Å². The van der Waals surface area contributed by atoms with Gasteiger partial charge < -0.3 is 4.74 Å². The maximum absolute atomic E-state index is 13.3. The van der Waals surface area contributed by atoms with Gasteiger partial charge in [0.15, 0.2) is 5.57 Å².